The maximum absolute atomic E-state index is 13.2. The van der Waals surface area contributed by atoms with E-state index in [1.54, 1.807) is 0 Å². The van der Waals surface area contributed by atoms with Crippen LogP contribution >= 0.6 is 0 Å². The first-order valence-electron chi connectivity index (χ1n) is 8.49. The van der Waals surface area contributed by atoms with Crippen molar-refractivity contribution in [2.24, 2.45) is 0 Å². The van der Waals surface area contributed by atoms with Crippen molar-refractivity contribution in [2.75, 3.05) is 4.90 Å². The molecule has 0 heterocycles. The number of carbonyl (C=O) groups excluding carboxylic acids is 1. The van der Waals surface area contributed by atoms with Crippen LogP contribution in [-0.4, -0.2) is 14.0 Å². The summed E-state index contributed by atoms with van der Waals surface area (Å²) < 4.78 is 0. The molecule has 0 aliphatic rings. The standard InChI is InChI=1S/C21H27NOSi/c1-5-12-20(24(2,3)4)17-21(23)22(18-13-8-6-9-14-18)19-15-10-7-11-16-19/h5-16,20H,17H2,1-4H3. The minimum Gasteiger partial charge on any atom is -0.281 e. The van der Waals surface area contributed by atoms with Crippen LogP contribution in [0.5, 0.6) is 0 Å². The molecule has 2 aromatic carbocycles. The summed E-state index contributed by atoms with van der Waals surface area (Å²) in [5.41, 5.74) is 2.18. The van der Waals surface area contributed by atoms with Crippen LogP contribution in [0.1, 0.15) is 13.3 Å². The maximum Gasteiger partial charge on any atom is 0.231 e. The molecule has 1 unspecified atom stereocenters. The summed E-state index contributed by atoms with van der Waals surface area (Å²) in [6.45, 7) is 8.99. The van der Waals surface area contributed by atoms with Crippen LogP contribution < -0.4 is 4.90 Å². The summed E-state index contributed by atoms with van der Waals surface area (Å²) >= 11 is 0. The molecule has 0 aliphatic carbocycles. The summed E-state index contributed by atoms with van der Waals surface area (Å²) in [5.74, 6) is 0.151. The normalized spacial score (nSPS) is 13.0. The number of benzene rings is 2. The fraction of sp³-hybridized carbons (Fsp3) is 0.286. The molecule has 0 fully saturated rings. The maximum atomic E-state index is 13.2. The Balaban J connectivity index is 2.35. The first kappa shape index (κ1) is 18.2. The minimum atomic E-state index is -1.45. The third kappa shape index (κ3) is 4.68. The smallest absolute Gasteiger partial charge is 0.231 e. The highest BCUT2D eigenvalue weighted by Crippen LogP contribution is 2.32. The van der Waals surface area contributed by atoms with Gasteiger partial charge in [0.2, 0.25) is 5.91 Å². The molecule has 1 atom stereocenters. The highest BCUT2D eigenvalue weighted by molar-refractivity contribution is 6.78. The minimum absolute atomic E-state index is 0.151. The molecule has 126 valence electrons. The first-order valence-corrected chi connectivity index (χ1v) is 12.1. The SMILES string of the molecule is CC=CC(CC(=O)N(c1ccccc1)c1ccccc1)[Si](C)(C)C. The Hall–Kier alpha value is -2.13. The molecule has 2 nitrogen and oxygen atoms in total. The van der Waals surface area contributed by atoms with Gasteiger partial charge in [-0.3, -0.25) is 9.69 Å². The molecule has 0 saturated heterocycles. The fourth-order valence-corrected chi connectivity index (χ4v) is 4.32. The van der Waals surface area contributed by atoms with Crippen LogP contribution in [-0.2, 0) is 4.79 Å². The lowest BCUT2D eigenvalue weighted by Crippen LogP contribution is -2.33. The molecule has 0 saturated carbocycles. The number of hydrogen-bond acceptors (Lipinski definition) is 1. The molecule has 0 spiro atoms. The zero-order valence-corrected chi connectivity index (χ0v) is 16.1. The van der Waals surface area contributed by atoms with Crippen LogP contribution in [0.3, 0.4) is 0 Å². The van der Waals surface area contributed by atoms with E-state index in [0.717, 1.165) is 11.4 Å². The van der Waals surface area contributed by atoms with Gasteiger partial charge in [-0.15, -0.1) is 0 Å². The Morgan fingerprint density at radius 2 is 1.42 bits per heavy atom. The molecule has 0 radical (unpaired) electrons. The van der Waals surface area contributed by atoms with Gasteiger partial charge in [-0.2, -0.15) is 0 Å². The van der Waals surface area contributed by atoms with Crippen molar-refractivity contribution in [1.29, 1.82) is 0 Å². The number of allylic oxidation sites excluding steroid dienone is 2. The van der Waals surface area contributed by atoms with E-state index in [-0.39, 0.29) is 5.91 Å². The van der Waals surface area contributed by atoms with Gasteiger partial charge in [-0.05, 0) is 36.7 Å². The average molecular weight is 338 g/mol. The van der Waals surface area contributed by atoms with Crippen LogP contribution in [0.25, 0.3) is 0 Å². The lowest BCUT2D eigenvalue weighted by atomic mass is 10.2. The number of carbonyl (C=O) groups is 1. The summed E-state index contributed by atoms with van der Waals surface area (Å²) in [7, 11) is -1.45. The van der Waals surface area contributed by atoms with E-state index < -0.39 is 8.07 Å². The molecule has 1 amide bonds. The van der Waals surface area contributed by atoms with Crippen molar-refractivity contribution < 1.29 is 4.79 Å². The molecular weight excluding hydrogens is 310 g/mol. The highest BCUT2D eigenvalue weighted by atomic mass is 28.3. The molecule has 0 N–H and O–H groups in total. The molecule has 2 rings (SSSR count). The number of amides is 1. The molecule has 24 heavy (non-hydrogen) atoms. The lowest BCUT2D eigenvalue weighted by molar-refractivity contribution is -0.117. The molecule has 3 heteroatoms. The lowest BCUT2D eigenvalue weighted by Gasteiger charge is -2.29. The van der Waals surface area contributed by atoms with E-state index in [0.29, 0.717) is 12.0 Å². The zero-order valence-electron chi connectivity index (χ0n) is 15.1. The number of nitrogens with zero attached hydrogens (tertiary/aromatic N) is 1. The second-order valence-electron chi connectivity index (χ2n) is 7.10. The van der Waals surface area contributed by atoms with Crippen molar-refractivity contribution >= 4 is 25.4 Å². The van der Waals surface area contributed by atoms with E-state index in [2.05, 4.69) is 31.8 Å². The van der Waals surface area contributed by atoms with Crippen molar-refractivity contribution in [3.63, 3.8) is 0 Å². The quantitative estimate of drug-likeness (QED) is 0.466. The average Bonchev–Trinajstić information content (AvgIpc) is 2.56. The van der Waals surface area contributed by atoms with Crippen molar-refractivity contribution in [1.82, 2.24) is 0 Å². The Morgan fingerprint density at radius 1 is 0.958 bits per heavy atom. The van der Waals surface area contributed by atoms with Crippen LogP contribution in [0, 0.1) is 0 Å². The van der Waals surface area contributed by atoms with E-state index in [1.807, 2.05) is 72.5 Å². The van der Waals surface area contributed by atoms with Crippen molar-refractivity contribution in [2.45, 2.75) is 38.5 Å². The van der Waals surface area contributed by atoms with E-state index in [1.165, 1.54) is 0 Å². The summed E-state index contributed by atoms with van der Waals surface area (Å²) in [4.78, 5) is 15.0. The van der Waals surface area contributed by atoms with E-state index in [9.17, 15) is 4.79 Å². The van der Waals surface area contributed by atoms with Crippen molar-refractivity contribution in [3.8, 4) is 0 Å². The van der Waals surface area contributed by atoms with Gasteiger partial charge < -0.3 is 0 Å². The number of para-hydroxylation sites is 2. The van der Waals surface area contributed by atoms with Crippen LogP contribution in [0.4, 0.5) is 11.4 Å². The Kier molecular flexibility index (Phi) is 6.15. The molecule has 0 aliphatic heterocycles. The molecular formula is C21H27NOSi. The summed E-state index contributed by atoms with van der Waals surface area (Å²) in [6, 6.07) is 19.8. The van der Waals surface area contributed by atoms with E-state index >= 15 is 0 Å². The largest absolute Gasteiger partial charge is 0.281 e. The van der Waals surface area contributed by atoms with Gasteiger partial charge in [-0.25, -0.2) is 0 Å². The predicted molar refractivity (Wildman–Crippen MR) is 107 cm³/mol. The Morgan fingerprint density at radius 3 is 1.79 bits per heavy atom. The Bertz CT molecular complexity index is 634. The van der Waals surface area contributed by atoms with Crippen LogP contribution in [0.15, 0.2) is 72.8 Å². The van der Waals surface area contributed by atoms with Gasteiger partial charge in [0, 0.05) is 17.8 Å². The Labute approximate surface area is 146 Å². The number of anilines is 2. The molecule has 0 bridgehead atoms. The molecule has 0 aromatic heterocycles. The third-order valence-corrected chi connectivity index (χ3v) is 6.83. The van der Waals surface area contributed by atoms with Gasteiger partial charge in [0.15, 0.2) is 0 Å². The van der Waals surface area contributed by atoms with Gasteiger partial charge in [0.1, 0.15) is 0 Å². The summed E-state index contributed by atoms with van der Waals surface area (Å²) in [5, 5.41) is 0. The first-order chi connectivity index (χ1) is 11.4. The van der Waals surface area contributed by atoms with Crippen LogP contribution in [0.2, 0.25) is 25.2 Å². The van der Waals surface area contributed by atoms with Gasteiger partial charge >= 0.3 is 0 Å². The predicted octanol–water partition coefficient (Wildman–Crippen LogP) is 6.03. The number of rotatable bonds is 6. The fourth-order valence-electron chi connectivity index (χ4n) is 2.77. The van der Waals surface area contributed by atoms with Gasteiger partial charge in [-0.1, -0.05) is 68.2 Å². The van der Waals surface area contributed by atoms with Gasteiger partial charge in [0.25, 0.3) is 0 Å². The third-order valence-electron chi connectivity index (χ3n) is 4.21. The second-order valence-corrected chi connectivity index (χ2v) is 12.6. The van der Waals surface area contributed by atoms with E-state index in [4.69, 9.17) is 0 Å². The second kappa shape index (κ2) is 8.11. The number of hydrogen-bond donors (Lipinski definition) is 0. The zero-order chi connectivity index (χ0) is 17.6. The van der Waals surface area contributed by atoms with Crippen molar-refractivity contribution in [3.05, 3.63) is 72.8 Å². The molecule has 2 aromatic rings. The van der Waals surface area contributed by atoms with Gasteiger partial charge in [0.05, 0.1) is 8.07 Å². The monoisotopic (exact) mass is 337 g/mol. The highest BCUT2D eigenvalue weighted by Gasteiger charge is 2.29. The topological polar surface area (TPSA) is 20.3 Å². The summed E-state index contributed by atoms with van der Waals surface area (Å²) in [6.07, 6.45) is 4.83.